The van der Waals surface area contributed by atoms with Crippen LogP contribution in [0.4, 0.5) is 0 Å². The molecule has 0 amide bonds. The van der Waals surface area contributed by atoms with Gasteiger partial charge < -0.3 is 5.11 Å². The van der Waals surface area contributed by atoms with Crippen molar-refractivity contribution in [3.63, 3.8) is 0 Å². The van der Waals surface area contributed by atoms with E-state index in [9.17, 15) is 0 Å². The van der Waals surface area contributed by atoms with Gasteiger partial charge in [0.15, 0.2) is 18.6 Å². The first kappa shape index (κ1) is 10.7. The summed E-state index contributed by atoms with van der Waals surface area (Å²) in [6.07, 6.45) is 11.2. The van der Waals surface area contributed by atoms with E-state index in [-0.39, 0.29) is 6.61 Å². The molecule has 1 aromatic heterocycles. The highest BCUT2D eigenvalue weighted by atomic mass is 16.2. The SMILES string of the molecule is C[n+]1ccc(C2=C(CCO)[C+]=NC=C2)cc1. The number of aromatic nitrogens is 1. The topological polar surface area (TPSA) is 36.5 Å². The Morgan fingerprint density at radius 2 is 2.12 bits per heavy atom. The Morgan fingerprint density at radius 1 is 1.38 bits per heavy atom. The van der Waals surface area contributed by atoms with Crippen LogP contribution in [0.2, 0.25) is 0 Å². The molecule has 0 bridgehead atoms. The van der Waals surface area contributed by atoms with Gasteiger partial charge in [0.1, 0.15) is 18.8 Å². The van der Waals surface area contributed by atoms with Gasteiger partial charge in [0.2, 0.25) is 0 Å². The molecule has 16 heavy (non-hydrogen) atoms. The minimum absolute atomic E-state index is 0.121. The fourth-order valence-corrected chi connectivity index (χ4v) is 1.64. The van der Waals surface area contributed by atoms with Crippen LogP contribution in [0.5, 0.6) is 0 Å². The number of aliphatic hydroxyl groups excluding tert-OH is 1. The van der Waals surface area contributed by atoms with Gasteiger partial charge in [0, 0.05) is 18.6 Å². The predicted octanol–water partition coefficient (Wildman–Crippen LogP) is 1.12. The van der Waals surface area contributed by atoms with Crippen molar-refractivity contribution in [3.8, 4) is 0 Å². The molecular weight excluding hydrogens is 200 g/mol. The van der Waals surface area contributed by atoms with E-state index >= 15 is 0 Å². The molecular formula is C13H14N2O+2. The van der Waals surface area contributed by atoms with Crippen LogP contribution in [-0.2, 0) is 7.05 Å². The number of pyridine rings is 1. The molecule has 1 N–H and O–H groups in total. The van der Waals surface area contributed by atoms with E-state index in [4.69, 9.17) is 5.11 Å². The number of hydrogen-bond donors (Lipinski definition) is 1. The zero-order valence-corrected chi connectivity index (χ0v) is 9.22. The van der Waals surface area contributed by atoms with Crippen molar-refractivity contribution in [1.82, 2.24) is 0 Å². The summed E-state index contributed by atoms with van der Waals surface area (Å²) >= 11 is 0. The van der Waals surface area contributed by atoms with Gasteiger partial charge in [-0.1, -0.05) is 4.99 Å². The third-order valence-electron chi connectivity index (χ3n) is 2.49. The van der Waals surface area contributed by atoms with Crippen LogP contribution in [0.1, 0.15) is 12.0 Å². The number of aryl methyl sites for hydroxylation is 1. The van der Waals surface area contributed by atoms with Crippen molar-refractivity contribution in [1.29, 1.82) is 0 Å². The van der Waals surface area contributed by atoms with E-state index in [2.05, 4.69) is 11.2 Å². The van der Waals surface area contributed by atoms with Crippen molar-refractivity contribution in [2.24, 2.45) is 12.0 Å². The summed E-state index contributed by atoms with van der Waals surface area (Å²) < 4.78 is 1.99. The minimum atomic E-state index is 0.121. The molecule has 1 aliphatic heterocycles. The quantitative estimate of drug-likeness (QED) is 0.594. The number of allylic oxidation sites excluding steroid dienone is 2. The first-order chi connectivity index (χ1) is 7.81. The summed E-state index contributed by atoms with van der Waals surface area (Å²) in [6.45, 7) is 0.121. The van der Waals surface area contributed by atoms with Gasteiger partial charge in [-0.2, -0.15) is 0 Å². The maximum Gasteiger partial charge on any atom is 0.170 e. The first-order valence-electron chi connectivity index (χ1n) is 5.23. The lowest BCUT2D eigenvalue weighted by Crippen LogP contribution is -2.25. The van der Waals surface area contributed by atoms with Crippen molar-refractivity contribution < 1.29 is 9.67 Å². The van der Waals surface area contributed by atoms with Gasteiger partial charge in [-0.3, -0.25) is 0 Å². The van der Waals surface area contributed by atoms with Crippen molar-refractivity contribution in [2.45, 2.75) is 6.42 Å². The molecule has 0 atom stereocenters. The van der Waals surface area contributed by atoms with Gasteiger partial charge in [-0.05, 0) is 0 Å². The zero-order valence-electron chi connectivity index (χ0n) is 9.22. The molecule has 0 radical (unpaired) electrons. The molecule has 0 aromatic carbocycles. The summed E-state index contributed by atoms with van der Waals surface area (Å²) in [5.74, 6) is 0. The normalized spacial score (nSPS) is 14.1. The lowest BCUT2D eigenvalue weighted by atomic mass is 9.98. The molecule has 3 heteroatoms. The molecule has 2 heterocycles. The van der Waals surface area contributed by atoms with Gasteiger partial charge >= 0.3 is 0 Å². The van der Waals surface area contributed by atoms with Crippen molar-refractivity contribution >= 4 is 11.8 Å². The van der Waals surface area contributed by atoms with E-state index in [0.29, 0.717) is 6.42 Å². The van der Waals surface area contributed by atoms with Gasteiger partial charge in [0.25, 0.3) is 0 Å². The Labute approximate surface area is 95.1 Å². The smallest absolute Gasteiger partial charge is 0.170 e. The molecule has 0 spiro atoms. The summed E-state index contributed by atoms with van der Waals surface area (Å²) in [7, 11) is 1.98. The standard InChI is InChI=1S/C13H14N2O/c1-15-7-3-11(4-8-15)13-2-6-14-10-12(13)5-9-16/h2-4,6-8,16H,5,9H2,1H3/q+2. The van der Waals surface area contributed by atoms with Crippen LogP contribution in [0.3, 0.4) is 0 Å². The number of aliphatic imine (C=N–C) groups is 1. The summed E-state index contributed by atoms with van der Waals surface area (Å²) in [4.78, 5) is 3.97. The fourth-order valence-electron chi connectivity index (χ4n) is 1.64. The molecule has 1 aromatic rings. The maximum atomic E-state index is 8.98. The van der Waals surface area contributed by atoms with E-state index in [1.807, 2.05) is 42.2 Å². The van der Waals surface area contributed by atoms with Crippen LogP contribution in [0.25, 0.3) is 5.57 Å². The second kappa shape index (κ2) is 4.79. The molecule has 0 saturated carbocycles. The van der Waals surface area contributed by atoms with E-state index in [0.717, 1.165) is 16.7 Å². The molecule has 0 fully saturated rings. The first-order valence-corrected chi connectivity index (χ1v) is 5.23. The van der Waals surface area contributed by atoms with Crippen molar-refractivity contribution in [3.05, 3.63) is 47.9 Å². The Morgan fingerprint density at radius 3 is 2.81 bits per heavy atom. The second-order valence-corrected chi connectivity index (χ2v) is 3.67. The molecule has 0 saturated heterocycles. The highest BCUT2D eigenvalue weighted by molar-refractivity contribution is 5.96. The van der Waals surface area contributed by atoms with Crippen molar-refractivity contribution in [2.75, 3.05) is 6.61 Å². The molecule has 0 aliphatic carbocycles. The van der Waals surface area contributed by atoms with Crippen LogP contribution in [-0.4, -0.2) is 17.9 Å². The number of nitrogens with zero attached hydrogens (tertiary/aromatic N) is 2. The predicted molar refractivity (Wildman–Crippen MR) is 62.8 cm³/mol. The van der Waals surface area contributed by atoms with Gasteiger partial charge in [0.05, 0.1) is 23.8 Å². The summed E-state index contributed by atoms with van der Waals surface area (Å²) in [6, 6.07) is 4.09. The van der Waals surface area contributed by atoms with Crippen LogP contribution in [0, 0.1) is 0 Å². The van der Waals surface area contributed by atoms with Crippen LogP contribution >= 0.6 is 0 Å². The largest absolute Gasteiger partial charge is 0.396 e. The van der Waals surface area contributed by atoms with Gasteiger partial charge in [-0.15, -0.1) is 0 Å². The number of aliphatic hydroxyl groups is 1. The Balaban J connectivity index is 2.40. The minimum Gasteiger partial charge on any atom is -0.396 e. The zero-order chi connectivity index (χ0) is 11.4. The van der Waals surface area contributed by atoms with E-state index < -0.39 is 0 Å². The maximum absolute atomic E-state index is 8.98. The lowest BCUT2D eigenvalue weighted by molar-refractivity contribution is -0.671. The molecule has 1 aliphatic rings. The van der Waals surface area contributed by atoms with E-state index in [1.54, 1.807) is 6.20 Å². The number of rotatable bonds is 3. The highest BCUT2D eigenvalue weighted by Gasteiger charge is 2.17. The second-order valence-electron chi connectivity index (χ2n) is 3.67. The number of hydrogen-bond acceptors (Lipinski definition) is 2. The Bertz CT molecular complexity index is 455. The van der Waals surface area contributed by atoms with Crippen LogP contribution in [0.15, 0.2) is 47.4 Å². The molecule has 80 valence electrons. The molecule has 0 unspecified atom stereocenters. The average molecular weight is 214 g/mol. The molecule has 3 nitrogen and oxygen atoms in total. The summed E-state index contributed by atoms with van der Waals surface area (Å²) in [5, 5.41) is 8.98. The van der Waals surface area contributed by atoms with E-state index in [1.165, 1.54) is 0 Å². The Hall–Kier alpha value is -1.83. The third-order valence-corrected chi connectivity index (χ3v) is 2.49. The fraction of sp³-hybridized carbons (Fsp3) is 0.231. The summed E-state index contributed by atoms with van der Waals surface area (Å²) in [5.41, 5.74) is 3.17. The van der Waals surface area contributed by atoms with Crippen LogP contribution < -0.4 is 4.57 Å². The monoisotopic (exact) mass is 214 g/mol. The van der Waals surface area contributed by atoms with Gasteiger partial charge in [-0.25, -0.2) is 4.57 Å². The lowest BCUT2D eigenvalue weighted by Gasteiger charge is -2.01. The highest BCUT2D eigenvalue weighted by Crippen LogP contribution is 2.22. The Kier molecular flexibility index (Phi) is 3.20. The third kappa shape index (κ3) is 2.22. The molecule has 2 rings (SSSR count). The average Bonchev–Trinajstić information content (AvgIpc) is 2.32.